The van der Waals surface area contributed by atoms with Gasteiger partial charge in [-0.05, 0) is 30.4 Å². The number of hydrogen-bond acceptors (Lipinski definition) is 11. The first-order valence-electron chi connectivity index (χ1n) is 16.5. The minimum absolute atomic E-state index is 0. The van der Waals surface area contributed by atoms with Crippen LogP contribution in [0.1, 0.15) is 57.8 Å². The predicted octanol–water partition coefficient (Wildman–Crippen LogP) is 2.63. The molecule has 1 saturated heterocycles. The summed E-state index contributed by atoms with van der Waals surface area (Å²) < 4.78 is 21.6. The third kappa shape index (κ3) is 13.9. The van der Waals surface area contributed by atoms with Gasteiger partial charge in [-0.3, -0.25) is 14.4 Å². The van der Waals surface area contributed by atoms with Crippen LogP contribution in [0.15, 0.2) is 29.8 Å². The molecule has 0 bridgehead atoms. The SMILES string of the molecule is Cc1ncsc1-c1ccc(C(C)NC(=O)C2CC(O)CN2C(=O)C(NC(=O)CCOCCOCCOCCOCCN)C(C)(C)C)cc1.Cl. The number of rotatable bonds is 20. The number of aromatic nitrogens is 1. The average Bonchev–Trinajstić information content (AvgIpc) is 3.66. The van der Waals surface area contributed by atoms with Crippen LogP contribution in [-0.2, 0) is 33.3 Å². The van der Waals surface area contributed by atoms with Gasteiger partial charge in [-0.15, -0.1) is 23.7 Å². The molecule has 1 fully saturated rings. The van der Waals surface area contributed by atoms with E-state index in [1.54, 1.807) is 11.3 Å². The van der Waals surface area contributed by atoms with E-state index in [1.165, 1.54) is 4.90 Å². The van der Waals surface area contributed by atoms with Crippen molar-refractivity contribution in [2.45, 2.75) is 71.7 Å². The summed E-state index contributed by atoms with van der Waals surface area (Å²) in [5.41, 5.74) is 9.45. The number of amides is 3. The minimum atomic E-state index is -0.908. The number of halogens is 1. The van der Waals surface area contributed by atoms with Crippen LogP contribution in [-0.4, -0.2) is 117 Å². The maximum atomic E-state index is 13.9. The number of aliphatic hydroxyl groups excluding tert-OH is 1. The summed E-state index contributed by atoms with van der Waals surface area (Å²) >= 11 is 1.58. The van der Waals surface area contributed by atoms with Crippen molar-refractivity contribution in [2.75, 3.05) is 65.9 Å². The zero-order chi connectivity index (χ0) is 35.1. The summed E-state index contributed by atoms with van der Waals surface area (Å²) in [6.07, 6.45) is -0.683. The van der Waals surface area contributed by atoms with E-state index in [9.17, 15) is 19.5 Å². The number of nitrogens with two attached hydrogens (primary N) is 1. The number of benzene rings is 1. The molecule has 2 aromatic rings. The van der Waals surface area contributed by atoms with Crippen LogP contribution in [0.3, 0.4) is 0 Å². The second-order valence-electron chi connectivity index (χ2n) is 12.9. The van der Waals surface area contributed by atoms with Crippen LogP contribution in [0, 0.1) is 12.3 Å². The Kier molecular flexibility index (Phi) is 18.6. The lowest BCUT2D eigenvalue weighted by Gasteiger charge is -2.35. The number of nitrogens with one attached hydrogen (secondary N) is 2. The molecule has 0 radical (unpaired) electrons. The van der Waals surface area contributed by atoms with Crippen LogP contribution in [0.5, 0.6) is 0 Å². The van der Waals surface area contributed by atoms with Crippen molar-refractivity contribution in [1.29, 1.82) is 0 Å². The highest BCUT2D eigenvalue weighted by Crippen LogP contribution is 2.29. The predicted molar refractivity (Wildman–Crippen MR) is 191 cm³/mol. The number of likely N-dealkylation sites (tertiary alicyclic amines) is 1. The first-order chi connectivity index (χ1) is 22.9. The first kappa shape index (κ1) is 42.5. The quantitative estimate of drug-likeness (QED) is 0.149. The van der Waals surface area contributed by atoms with Gasteiger partial charge in [-0.1, -0.05) is 45.0 Å². The van der Waals surface area contributed by atoms with Gasteiger partial charge in [0.05, 0.1) is 81.1 Å². The average molecular weight is 728 g/mol. The van der Waals surface area contributed by atoms with Crippen molar-refractivity contribution in [3.8, 4) is 10.4 Å². The van der Waals surface area contributed by atoms with Crippen molar-refractivity contribution in [3.05, 3.63) is 41.0 Å². The van der Waals surface area contributed by atoms with Crippen molar-refractivity contribution < 1.29 is 38.4 Å². The number of nitrogens with zero attached hydrogens (tertiary/aromatic N) is 2. The lowest BCUT2D eigenvalue weighted by molar-refractivity contribution is -0.144. The molecule has 13 nitrogen and oxygen atoms in total. The lowest BCUT2D eigenvalue weighted by Crippen LogP contribution is -2.58. The van der Waals surface area contributed by atoms with Crippen molar-refractivity contribution in [3.63, 3.8) is 0 Å². The topological polar surface area (TPSA) is 175 Å². The zero-order valence-electron chi connectivity index (χ0n) is 29.3. The van der Waals surface area contributed by atoms with Crippen molar-refractivity contribution >= 4 is 41.5 Å². The molecule has 5 N–H and O–H groups in total. The van der Waals surface area contributed by atoms with Crippen LogP contribution < -0.4 is 16.4 Å². The van der Waals surface area contributed by atoms with Gasteiger partial charge >= 0.3 is 0 Å². The van der Waals surface area contributed by atoms with Crippen LogP contribution in [0.25, 0.3) is 10.4 Å². The molecule has 3 amide bonds. The first-order valence-corrected chi connectivity index (χ1v) is 17.4. The van der Waals surface area contributed by atoms with Crippen LogP contribution >= 0.6 is 23.7 Å². The molecule has 4 atom stereocenters. The Labute approximate surface area is 300 Å². The van der Waals surface area contributed by atoms with Gasteiger partial charge < -0.3 is 45.3 Å². The molecule has 49 heavy (non-hydrogen) atoms. The molecule has 3 rings (SSSR count). The number of hydrogen-bond donors (Lipinski definition) is 4. The third-order valence-electron chi connectivity index (χ3n) is 7.91. The summed E-state index contributed by atoms with van der Waals surface area (Å²) in [5, 5.41) is 16.4. The van der Waals surface area contributed by atoms with Gasteiger partial charge in [0.2, 0.25) is 17.7 Å². The number of β-amino-alcohol motifs (C(OH)–C–C–N with tert-alkyl or cyclic N) is 1. The van der Waals surface area contributed by atoms with Crippen LogP contribution in [0.2, 0.25) is 0 Å². The zero-order valence-corrected chi connectivity index (χ0v) is 30.9. The highest BCUT2D eigenvalue weighted by atomic mass is 35.5. The van der Waals surface area contributed by atoms with E-state index in [2.05, 4.69) is 15.6 Å². The Bertz CT molecular complexity index is 1290. The summed E-state index contributed by atoms with van der Waals surface area (Å²) in [6.45, 7) is 13.0. The van der Waals surface area contributed by atoms with Gasteiger partial charge in [0.1, 0.15) is 12.1 Å². The Morgan fingerprint density at radius 1 is 0.980 bits per heavy atom. The number of carbonyl (C=O) groups excluding carboxylic acids is 3. The maximum Gasteiger partial charge on any atom is 0.246 e. The van der Waals surface area contributed by atoms with E-state index < -0.39 is 29.5 Å². The van der Waals surface area contributed by atoms with Crippen LogP contribution in [0.4, 0.5) is 0 Å². The van der Waals surface area contributed by atoms with E-state index in [1.807, 2.05) is 64.4 Å². The smallest absolute Gasteiger partial charge is 0.246 e. The Morgan fingerprint density at radius 3 is 2.08 bits per heavy atom. The molecule has 1 aromatic heterocycles. The fourth-order valence-electron chi connectivity index (χ4n) is 5.26. The molecule has 4 unspecified atom stereocenters. The summed E-state index contributed by atoms with van der Waals surface area (Å²) in [7, 11) is 0. The molecule has 1 aliphatic rings. The Balaban J connectivity index is 0.00000833. The second-order valence-corrected chi connectivity index (χ2v) is 13.7. The highest BCUT2D eigenvalue weighted by Gasteiger charge is 2.44. The van der Waals surface area contributed by atoms with Gasteiger partial charge in [-0.2, -0.15) is 0 Å². The Morgan fingerprint density at radius 2 is 1.55 bits per heavy atom. The molecular formula is C34H54ClN5O8S. The van der Waals surface area contributed by atoms with E-state index in [0.29, 0.717) is 52.8 Å². The normalized spacial score (nSPS) is 17.3. The number of aliphatic hydroxyl groups is 1. The number of thiazole rings is 1. The Hall–Kier alpha value is -2.69. The molecule has 276 valence electrons. The molecule has 0 spiro atoms. The van der Waals surface area contributed by atoms with Gasteiger partial charge in [-0.25, -0.2) is 4.98 Å². The monoisotopic (exact) mass is 727 g/mol. The van der Waals surface area contributed by atoms with E-state index in [4.69, 9.17) is 24.7 Å². The number of ether oxygens (including phenoxy) is 4. The molecule has 0 saturated carbocycles. The number of aryl methyl sites for hydroxylation is 1. The van der Waals surface area contributed by atoms with E-state index >= 15 is 0 Å². The molecule has 2 heterocycles. The fraction of sp³-hybridized carbons (Fsp3) is 0.647. The van der Waals surface area contributed by atoms with E-state index in [-0.39, 0.29) is 56.3 Å². The lowest BCUT2D eigenvalue weighted by atomic mass is 9.85. The standard InChI is InChI=1S/C34H53N5O8S.ClH/c1-23(25-6-8-26(9-7-25)30-24(2)36-22-48-30)37-32(42)28-20-27(40)21-39(28)33(43)31(34(3,4)5)38-29(41)10-12-44-14-16-46-18-19-47-17-15-45-13-11-35;/h6-9,22-23,27-28,31,40H,10-21,35H2,1-5H3,(H,37,42)(H,38,41);1H. The van der Waals surface area contributed by atoms with Crippen molar-refractivity contribution in [1.82, 2.24) is 20.5 Å². The maximum absolute atomic E-state index is 13.9. The number of carbonyl (C=O) groups is 3. The second kappa shape index (κ2) is 21.5. The van der Waals surface area contributed by atoms with Gasteiger partial charge in [0.15, 0.2) is 0 Å². The summed E-state index contributed by atoms with van der Waals surface area (Å²) in [4.78, 5) is 47.0. The van der Waals surface area contributed by atoms with E-state index in [0.717, 1.165) is 21.7 Å². The molecule has 1 aromatic carbocycles. The molecule has 1 aliphatic heterocycles. The summed E-state index contributed by atoms with van der Waals surface area (Å²) in [5.74, 6) is -1.11. The molecule has 15 heteroatoms. The highest BCUT2D eigenvalue weighted by molar-refractivity contribution is 7.13. The fourth-order valence-corrected chi connectivity index (χ4v) is 6.07. The van der Waals surface area contributed by atoms with Gasteiger partial charge in [0, 0.05) is 25.9 Å². The van der Waals surface area contributed by atoms with Gasteiger partial charge in [0.25, 0.3) is 0 Å². The minimum Gasteiger partial charge on any atom is -0.391 e. The molecular weight excluding hydrogens is 674 g/mol. The van der Waals surface area contributed by atoms with Crippen molar-refractivity contribution in [2.24, 2.45) is 11.1 Å². The largest absolute Gasteiger partial charge is 0.391 e. The third-order valence-corrected chi connectivity index (χ3v) is 8.89. The molecule has 0 aliphatic carbocycles. The summed E-state index contributed by atoms with van der Waals surface area (Å²) in [6, 6.07) is 5.84.